The Kier molecular flexibility index (Phi) is 3.81. The smallest absolute Gasteiger partial charge is 0.248 e. The van der Waals surface area contributed by atoms with Crippen molar-refractivity contribution < 1.29 is 9.90 Å². The van der Waals surface area contributed by atoms with E-state index in [0.717, 1.165) is 16.3 Å². The zero-order valence-corrected chi connectivity index (χ0v) is 13.9. The van der Waals surface area contributed by atoms with E-state index in [0.29, 0.717) is 17.2 Å². The molecule has 2 aromatic heterocycles. The van der Waals surface area contributed by atoms with Gasteiger partial charge in [-0.05, 0) is 30.7 Å². The highest BCUT2D eigenvalue weighted by atomic mass is 16.3. The molecule has 0 bridgehead atoms. The van der Waals surface area contributed by atoms with Crippen molar-refractivity contribution in [1.82, 2.24) is 19.8 Å². The lowest BCUT2D eigenvalue weighted by atomic mass is 10.2. The SMILES string of the molecule is Cc1ccc(NC(=O)C=Cc2nnc3c4ccccc4cnn23)c(O)c1. The van der Waals surface area contributed by atoms with Crippen LogP contribution in [0.5, 0.6) is 5.75 Å². The predicted octanol–water partition coefficient (Wildman–Crippen LogP) is 2.94. The van der Waals surface area contributed by atoms with E-state index in [9.17, 15) is 9.90 Å². The minimum absolute atomic E-state index is 0.0211. The minimum atomic E-state index is -0.387. The number of hydrogen-bond acceptors (Lipinski definition) is 5. The number of nitrogens with one attached hydrogen (secondary N) is 1. The molecular weight excluding hydrogens is 330 g/mol. The summed E-state index contributed by atoms with van der Waals surface area (Å²) >= 11 is 0. The van der Waals surface area contributed by atoms with Gasteiger partial charge in [-0.25, -0.2) is 0 Å². The maximum atomic E-state index is 12.1. The number of nitrogens with zero attached hydrogens (tertiary/aromatic N) is 4. The number of hydrogen-bond donors (Lipinski definition) is 2. The minimum Gasteiger partial charge on any atom is -0.506 e. The fourth-order valence-electron chi connectivity index (χ4n) is 2.68. The number of anilines is 1. The molecule has 0 aliphatic carbocycles. The first-order valence-electron chi connectivity index (χ1n) is 8.00. The van der Waals surface area contributed by atoms with Crippen LogP contribution >= 0.6 is 0 Å². The first-order valence-corrected chi connectivity index (χ1v) is 8.00. The summed E-state index contributed by atoms with van der Waals surface area (Å²) in [5.74, 6) is 0.0727. The molecule has 4 rings (SSSR count). The summed E-state index contributed by atoms with van der Waals surface area (Å²) in [6.07, 6.45) is 4.59. The van der Waals surface area contributed by atoms with Crippen LogP contribution in [0.15, 0.2) is 54.7 Å². The number of aryl methyl sites for hydroxylation is 1. The summed E-state index contributed by atoms with van der Waals surface area (Å²) in [5, 5.41) is 27.0. The highest BCUT2D eigenvalue weighted by Crippen LogP contribution is 2.24. The Morgan fingerprint density at radius 3 is 2.88 bits per heavy atom. The molecule has 26 heavy (non-hydrogen) atoms. The molecule has 0 saturated carbocycles. The van der Waals surface area contributed by atoms with E-state index < -0.39 is 0 Å². The van der Waals surface area contributed by atoms with Crippen molar-refractivity contribution in [3.63, 3.8) is 0 Å². The van der Waals surface area contributed by atoms with Gasteiger partial charge in [0.05, 0.1) is 11.9 Å². The summed E-state index contributed by atoms with van der Waals surface area (Å²) in [6, 6.07) is 12.8. The third-order valence-corrected chi connectivity index (χ3v) is 3.97. The topological polar surface area (TPSA) is 92.4 Å². The first kappa shape index (κ1) is 15.8. The Morgan fingerprint density at radius 1 is 1.19 bits per heavy atom. The molecule has 0 spiro atoms. The van der Waals surface area contributed by atoms with Gasteiger partial charge in [0.25, 0.3) is 0 Å². The number of carbonyl (C=O) groups is 1. The van der Waals surface area contributed by atoms with E-state index >= 15 is 0 Å². The Bertz CT molecular complexity index is 1160. The van der Waals surface area contributed by atoms with E-state index in [4.69, 9.17) is 0 Å². The Morgan fingerprint density at radius 2 is 2.04 bits per heavy atom. The van der Waals surface area contributed by atoms with Gasteiger partial charge >= 0.3 is 0 Å². The number of aromatic nitrogens is 4. The number of carbonyl (C=O) groups excluding carboxylic acids is 1. The molecule has 1 amide bonds. The van der Waals surface area contributed by atoms with Gasteiger partial charge in [0, 0.05) is 16.8 Å². The predicted molar refractivity (Wildman–Crippen MR) is 98.8 cm³/mol. The van der Waals surface area contributed by atoms with Gasteiger partial charge in [0.1, 0.15) is 5.75 Å². The third-order valence-electron chi connectivity index (χ3n) is 3.97. The van der Waals surface area contributed by atoms with Crippen LogP contribution in [-0.2, 0) is 4.79 Å². The standard InChI is InChI=1S/C19H15N5O2/c1-12-6-7-15(16(25)10-12)21-18(26)9-8-17-22-23-19-14-5-3-2-4-13(14)11-20-24(17)19/h2-11,25H,1H3,(H,21,26). The van der Waals surface area contributed by atoms with Gasteiger partial charge in [0.2, 0.25) is 5.91 Å². The summed E-state index contributed by atoms with van der Waals surface area (Å²) in [4.78, 5) is 12.1. The second-order valence-electron chi connectivity index (χ2n) is 5.87. The Labute approximate surface area is 148 Å². The maximum Gasteiger partial charge on any atom is 0.248 e. The van der Waals surface area contributed by atoms with Crippen molar-refractivity contribution in [2.24, 2.45) is 0 Å². The van der Waals surface area contributed by atoms with Crippen molar-refractivity contribution in [2.45, 2.75) is 6.92 Å². The summed E-state index contributed by atoms with van der Waals surface area (Å²) in [5.41, 5.74) is 1.88. The van der Waals surface area contributed by atoms with Crippen molar-refractivity contribution >= 4 is 34.1 Å². The third kappa shape index (κ3) is 2.86. The largest absolute Gasteiger partial charge is 0.506 e. The van der Waals surface area contributed by atoms with Gasteiger partial charge in [-0.3, -0.25) is 4.79 Å². The second kappa shape index (κ2) is 6.29. The molecule has 7 heteroatoms. The van der Waals surface area contributed by atoms with Crippen molar-refractivity contribution in [3.05, 3.63) is 66.1 Å². The fourth-order valence-corrected chi connectivity index (χ4v) is 2.68. The number of fused-ring (bicyclic) bond motifs is 3. The average Bonchev–Trinajstić information content (AvgIpc) is 3.06. The number of benzene rings is 2. The normalized spacial score (nSPS) is 11.4. The zero-order chi connectivity index (χ0) is 18.1. The second-order valence-corrected chi connectivity index (χ2v) is 5.87. The maximum absolute atomic E-state index is 12.1. The van der Waals surface area contributed by atoms with E-state index in [-0.39, 0.29) is 11.7 Å². The van der Waals surface area contributed by atoms with Crippen LogP contribution in [-0.4, -0.2) is 30.8 Å². The van der Waals surface area contributed by atoms with Crippen LogP contribution < -0.4 is 5.32 Å². The van der Waals surface area contributed by atoms with Crippen LogP contribution in [0.3, 0.4) is 0 Å². The molecule has 2 N–H and O–H groups in total. The number of phenolic OH excluding ortho intramolecular Hbond substituents is 1. The molecule has 128 valence electrons. The molecule has 2 heterocycles. The number of phenols is 1. The van der Waals surface area contributed by atoms with Crippen molar-refractivity contribution in [3.8, 4) is 5.75 Å². The Hall–Kier alpha value is -3.74. The van der Waals surface area contributed by atoms with E-state index in [2.05, 4.69) is 20.6 Å². The lowest BCUT2D eigenvalue weighted by Crippen LogP contribution is -2.08. The summed E-state index contributed by atoms with van der Waals surface area (Å²) in [7, 11) is 0. The molecule has 0 atom stereocenters. The van der Waals surface area contributed by atoms with Crippen LogP contribution in [0, 0.1) is 6.92 Å². The lowest BCUT2D eigenvalue weighted by Gasteiger charge is -2.05. The number of amides is 1. The highest BCUT2D eigenvalue weighted by Gasteiger charge is 2.09. The van der Waals surface area contributed by atoms with E-state index in [1.807, 2.05) is 31.2 Å². The molecular formula is C19H15N5O2. The molecule has 0 saturated heterocycles. The molecule has 0 unspecified atom stereocenters. The zero-order valence-electron chi connectivity index (χ0n) is 13.9. The molecule has 0 radical (unpaired) electrons. The van der Waals surface area contributed by atoms with Crippen molar-refractivity contribution in [1.29, 1.82) is 0 Å². The Balaban J connectivity index is 1.60. The molecule has 2 aromatic carbocycles. The van der Waals surface area contributed by atoms with Gasteiger partial charge in [-0.2, -0.15) is 9.61 Å². The first-order chi connectivity index (χ1) is 12.6. The van der Waals surface area contributed by atoms with Gasteiger partial charge in [-0.15, -0.1) is 10.2 Å². The summed E-state index contributed by atoms with van der Waals surface area (Å²) < 4.78 is 1.58. The fraction of sp³-hybridized carbons (Fsp3) is 0.0526. The van der Waals surface area contributed by atoms with E-state index in [1.165, 1.54) is 12.2 Å². The van der Waals surface area contributed by atoms with Crippen molar-refractivity contribution in [2.75, 3.05) is 5.32 Å². The summed E-state index contributed by atoms with van der Waals surface area (Å²) in [6.45, 7) is 1.86. The lowest BCUT2D eigenvalue weighted by molar-refractivity contribution is -0.111. The average molecular weight is 345 g/mol. The highest BCUT2D eigenvalue weighted by molar-refractivity contribution is 6.02. The van der Waals surface area contributed by atoms with Crippen LogP contribution in [0.4, 0.5) is 5.69 Å². The quantitative estimate of drug-likeness (QED) is 0.440. The van der Waals surface area contributed by atoms with Crippen LogP contribution in [0.25, 0.3) is 22.5 Å². The molecule has 0 aliphatic rings. The molecule has 0 aliphatic heterocycles. The number of aromatic hydroxyl groups is 1. The number of rotatable bonds is 3. The van der Waals surface area contributed by atoms with Crippen LogP contribution in [0.1, 0.15) is 11.4 Å². The molecule has 7 nitrogen and oxygen atoms in total. The van der Waals surface area contributed by atoms with Crippen LogP contribution in [0.2, 0.25) is 0 Å². The van der Waals surface area contributed by atoms with Gasteiger partial charge < -0.3 is 10.4 Å². The molecule has 4 aromatic rings. The van der Waals surface area contributed by atoms with Gasteiger partial charge in [-0.1, -0.05) is 30.3 Å². The molecule has 0 fully saturated rings. The monoisotopic (exact) mass is 345 g/mol. The van der Waals surface area contributed by atoms with Gasteiger partial charge in [0.15, 0.2) is 11.5 Å². The van der Waals surface area contributed by atoms with E-state index in [1.54, 1.807) is 28.9 Å².